The number of hydrogen-bond acceptors (Lipinski definition) is 7. The van der Waals surface area contributed by atoms with Gasteiger partial charge < -0.3 is 25.3 Å². The standard InChI is InChI=1S/C24H38N4O7S/c1-17(2)12-13-25-20(29)16-28-14-9-11-19(22(28)31)26-21(30)18(10-7-8-15-36(6,33)34)27-23(32)35-24(3,4)5/h8-9,11,14-15,17-18H,7,10,12-13,16H2,1-6H3,(H,25,29)(H,26,30)(H,27,32)/t18-/m0/s1. The van der Waals surface area contributed by atoms with Crippen molar-refractivity contribution in [1.29, 1.82) is 0 Å². The maximum absolute atomic E-state index is 12.9. The van der Waals surface area contributed by atoms with Gasteiger partial charge in [0.1, 0.15) is 23.9 Å². The Morgan fingerprint density at radius 3 is 2.42 bits per heavy atom. The van der Waals surface area contributed by atoms with Crippen LogP contribution in [0, 0.1) is 5.92 Å². The van der Waals surface area contributed by atoms with Crippen LogP contribution in [0.2, 0.25) is 0 Å². The fourth-order valence-electron chi connectivity index (χ4n) is 2.91. The lowest BCUT2D eigenvalue weighted by atomic mass is 10.1. The maximum Gasteiger partial charge on any atom is 0.408 e. The van der Waals surface area contributed by atoms with E-state index >= 15 is 0 Å². The van der Waals surface area contributed by atoms with Gasteiger partial charge in [0, 0.05) is 24.4 Å². The van der Waals surface area contributed by atoms with E-state index in [2.05, 4.69) is 16.0 Å². The number of nitrogens with one attached hydrogen (secondary N) is 3. The number of ether oxygens (including phenoxy) is 1. The first kappa shape index (κ1) is 30.9. The van der Waals surface area contributed by atoms with E-state index in [1.54, 1.807) is 20.8 Å². The van der Waals surface area contributed by atoms with Crippen LogP contribution in [0.1, 0.15) is 53.9 Å². The van der Waals surface area contributed by atoms with E-state index in [1.165, 1.54) is 29.0 Å². The van der Waals surface area contributed by atoms with E-state index in [-0.39, 0.29) is 31.0 Å². The van der Waals surface area contributed by atoms with Crippen LogP contribution in [0.4, 0.5) is 10.5 Å². The van der Waals surface area contributed by atoms with Gasteiger partial charge in [-0.3, -0.25) is 14.4 Å². The SMILES string of the molecule is CC(C)CCNC(=O)Cn1cccc(NC(=O)[C@H](CCC=CS(C)(=O)=O)NC(=O)OC(C)(C)C)c1=O. The van der Waals surface area contributed by atoms with Crippen LogP contribution in [0.15, 0.2) is 34.6 Å². The fourth-order valence-corrected chi connectivity index (χ4v) is 3.40. The Bertz CT molecular complexity index is 1100. The highest BCUT2D eigenvalue weighted by Gasteiger charge is 2.25. The number of anilines is 1. The van der Waals surface area contributed by atoms with Gasteiger partial charge in [0.15, 0.2) is 9.84 Å². The molecular formula is C24H38N4O7S. The molecule has 0 bridgehead atoms. The molecule has 1 atom stereocenters. The first-order chi connectivity index (χ1) is 16.6. The van der Waals surface area contributed by atoms with E-state index in [1.807, 2.05) is 13.8 Å². The Morgan fingerprint density at radius 2 is 1.83 bits per heavy atom. The minimum Gasteiger partial charge on any atom is -0.444 e. The van der Waals surface area contributed by atoms with Gasteiger partial charge in [0.2, 0.25) is 11.8 Å². The Labute approximate surface area is 212 Å². The summed E-state index contributed by atoms with van der Waals surface area (Å²) in [7, 11) is -3.34. The minimum atomic E-state index is -3.34. The van der Waals surface area contributed by atoms with Crippen LogP contribution in [0.5, 0.6) is 0 Å². The number of alkyl carbamates (subject to hydrolysis) is 1. The molecule has 0 fully saturated rings. The Balaban J connectivity index is 2.97. The Morgan fingerprint density at radius 1 is 1.17 bits per heavy atom. The molecule has 36 heavy (non-hydrogen) atoms. The van der Waals surface area contributed by atoms with Crippen molar-refractivity contribution in [3.05, 3.63) is 40.2 Å². The number of sulfone groups is 1. The van der Waals surface area contributed by atoms with Crippen molar-refractivity contribution in [2.24, 2.45) is 5.92 Å². The highest BCUT2D eigenvalue weighted by molar-refractivity contribution is 7.93. The lowest BCUT2D eigenvalue weighted by Crippen LogP contribution is -2.46. The molecule has 0 radical (unpaired) electrons. The summed E-state index contributed by atoms with van der Waals surface area (Å²) in [6.07, 6.45) is 4.04. The van der Waals surface area contributed by atoms with E-state index in [4.69, 9.17) is 4.74 Å². The van der Waals surface area contributed by atoms with Crippen LogP contribution >= 0.6 is 0 Å². The summed E-state index contributed by atoms with van der Waals surface area (Å²) in [4.78, 5) is 50.2. The molecule has 1 rings (SSSR count). The van der Waals surface area contributed by atoms with Crippen LogP contribution in [0.25, 0.3) is 0 Å². The summed E-state index contributed by atoms with van der Waals surface area (Å²) in [5.74, 6) is -0.594. The van der Waals surface area contributed by atoms with Crippen molar-refractivity contribution in [1.82, 2.24) is 15.2 Å². The quantitative estimate of drug-likeness (QED) is 0.377. The number of hydrogen-bond donors (Lipinski definition) is 3. The first-order valence-electron chi connectivity index (χ1n) is 11.7. The molecule has 0 aliphatic rings. The predicted molar refractivity (Wildman–Crippen MR) is 138 cm³/mol. The predicted octanol–water partition coefficient (Wildman–Crippen LogP) is 2.18. The van der Waals surface area contributed by atoms with Gasteiger partial charge in [0.05, 0.1) is 0 Å². The lowest BCUT2D eigenvalue weighted by molar-refractivity contribution is -0.121. The number of amides is 3. The molecule has 3 N–H and O–H groups in total. The summed E-state index contributed by atoms with van der Waals surface area (Å²) in [6, 6.07) is 1.79. The molecule has 1 aromatic rings. The van der Waals surface area contributed by atoms with Crippen molar-refractivity contribution in [2.45, 2.75) is 72.1 Å². The van der Waals surface area contributed by atoms with Crippen molar-refractivity contribution in [2.75, 3.05) is 18.1 Å². The Kier molecular flexibility index (Phi) is 11.8. The van der Waals surface area contributed by atoms with Crippen molar-refractivity contribution in [3.63, 3.8) is 0 Å². The largest absolute Gasteiger partial charge is 0.444 e. The van der Waals surface area contributed by atoms with Gasteiger partial charge in [-0.25, -0.2) is 13.2 Å². The highest BCUT2D eigenvalue weighted by Crippen LogP contribution is 2.10. The lowest BCUT2D eigenvalue weighted by Gasteiger charge is -2.23. The second kappa shape index (κ2) is 13.8. The zero-order valence-corrected chi connectivity index (χ0v) is 22.6. The summed E-state index contributed by atoms with van der Waals surface area (Å²) < 4.78 is 29.0. The molecule has 3 amide bonds. The summed E-state index contributed by atoms with van der Waals surface area (Å²) in [5, 5.41) is 8.71. The van der Waals surface area contributed by atoms with Gasteiger partial charge >= 0.3 is 6.09 Å². The van der Waals surface area contributed by atoms with Crippen LogP contribution < -0.4 is 21.5 Å². The summed E-state index contributed by atoms with van der Waals surface area (Å²) >= 11 is 0. The minimum absolute atomic E-state index is 0.0520. The second-order valence-corrected chi connectivity index (χ2v) is 11.8. The third-order valence-corrected chi connectivity index (χ3v) is 5.30. The summed E-state index contributed by atoms with van der Waals surface area (Å²) in [6.45, 7) is 9.36. The molecule has 0 saturated heterocycles. The maximum atomic E-state index is 12.9. The van der Waals surface area contributed by atoms with Gasteiger partial charge in [-0.05, 0) is 58.1 Å². The molecule has 0 aromatic carbocycles. The number of pyridine rings is 1. The van der Waals surface area contributed by atoms with E-state index in [9.17, 15) is 27.6 Å². The molecule has 1 heterocycles. The average Bonchev–Trinajstić information content (AvgIpc) is 2.70. The average molecular weight is 527 g/mol. The molecule has 0 saturated carbocycles. The van der Waals surface area contributed by atoms with Crippen molar-refractivity contribution >= 4 is 33.4 Å². The zero-order valence-electron chi connectivity index (χ0n) is 21.8. The topological polar surface area (TPSA) is 153 Å². The van der Waals surface area contributed by atoms with Crippen molar-refractivity contribution < 1.29 is 27.5 Å². The molecule has 0 aliphatic heterocycles. The molecule has 1 aromatic heterocycles. The van der Waals surface area contributed by atoms with E-state index in [0.717, 1.165) is 18.1 Å². The number of carbonyl (C=O) groups is 3. The first-order valence-corrected chi connectivity index (χ1v) is 13.7. The highest BCUT2D eigenvalue weighted by atomic mass is 32.2. The molecule has 202 valence electrons. The molecule has 11 nitrogen and oxygen atoms in total. The normalized spacial score (nSPS) is 12.9. The number of carbonyl (C=O) groups excluding carboxylic acids is 3. The van der Waals surface area contributed by atoms with Gasteiger partial charge in [-0.15, -0.1) is 0 Å². The van der Waals surface area contributed by atoms with Crippen LogP contribution in [0.3, 0.4) is 0 Å². The zero-order chi connectivity index (χ0) is 27.5. The third-order valence-electron chi connectivity index (χ3n) is 4.61. The fraction of sp³-hybridized carbons (Fsp3) is 0.583. The monoisotopic (exact) mass is 526 g/mol. The van der Waals surface area contributed by atoms with Gasteiger partial charge in [-0.1, -0.05) is 19.9 Å². The molecule has 0 unspecified atom stereocenters. The number of allylic oxidation sites excluding steroid dienone is 1. The van der Waals surface area contributed by atoms with Gasteiger partial charge in [-0.2, -0.15) is 0 Å². The number of aromatic nitrogens is 1. The molecule has 0 aliphatic carbocycles. The summed E-state index contributed by atoms with van der Waals surface area (Å²) in [5.41, 5.74) is -1.46. The van der Waals surface area contributed by atoms with Gasteiger partial charge in [0.25, 0.3) is 5.56 Å². The third kappa shape index (κ3) is 13.1. The van der Waals surface area contributed by atoms with Crippen molar-refractivity contribution in [3.8, 4) is 0 Å². The molecule has 12 heteroatoms. The smallest absolute Gasteiger partial charge is 0.408 e. The van der Waals surface area contributed by atoms with Crippen LogP contribution in [-0.4, -0.2) is 55.3 Å². The van der Waals surface area contributed by atoms with Crippen LogP contribution in [-0.2, 0) is 30.7 Å². The number of rotatable bonds is 12. The van der Waals surface area contributed by atoms with E-state index < -0.39 is 39.0 Å². The molecule has 0 spiro atoms. The second-order valence-electron chi connectivity index (χ2n) is 9.85. The molecular weight excluding hydrogens is 488 g/mol. The Hall–Kier alpha value is -3.15. The number of nitrogens with zero attached hydrogens (tertiary/aromatic N) is 1. The van der Waals surface area contributed by atoms with E-state index in [0.29, 0.717) is 12.5 Å².